The van der Waals surface area contributed by atoms with Crippen molar-refractivity contribution in [1.29, 1.82) is 5.26 Å². The van der Waals surface area contributed by atoms with Crippen molar-refractivity contribution in [3.8, 4) is 6.07 Å². The maximum absolute atomic E-state index is 12.1. The van der Waals surface area contributed by atoms with Crippen molar-refractivity contribution in [1.82, 2.24) is 14.6 Å². The maximum Gasteiger partial charge on any atom is 0.276 e. The van der Waals surface area contributed by atoms with Gasteiger partial charge in [-0.1, -0.05) is 6.92 Å². The van der Waals surface area contributed by atoms with Gasteiger partial charge in [-0.2, -0.15) is 9.78 Å². The summed E-state index contributed by atoms with van der Waals surface area (Å²) in [7, 11) is 0. The van der Waals surface area contributed by atoms with E-state index in [1.165, 1.54) is 4.52 Å². The highest BCUT2D eigenvalue weighted by Crippen LogP contribution is 2.12. The summed E-state index contributed by atoms with van der Waals surface area (Å²) in [5.74, 6) is 0. The van der Waals surface area contributed by atoms with Gasteiger partial charge in [0.15, 0.2) is 5.65 Å². The first-order valence-corrected chi connectivity index (χ1v) is 5.28. The first-order valence-electron chi connectivity index (χ1n) is 5.28. The molecule has 17 heavy (non-hydrogen) atoms. The zero-order valence-electron chi connectivity index (χ0n) is 9.61. The molecule has 2 aromatic rings. The standard InChI is InChI=1S/C11H12N4O2/c1-3-7-9(5-16)13-10-8(4-12)6(2)14-15(10)11(7)17/h14,16H,3,5H2,1-2H3. The minimum absolute atomic E-state index is 0.258. The van der Waals surface area contributed by atoms with Crippen molar-refractivity contribution in [3.05, 3.63) is 32.9 Å². The van der Waals surface area contributed by atoms with Gasteiger partial charge in [-0.3, -0.25) is 9.89 Å². The van der Waals surface area contributed by atoms with Crippen LogP contribution in [0, 0.1) is 18.3 Å². The number of aromatic nitrogens is 3. The van der Waals surface area contributed by atoms with Gasteiger partial charge in [0, 0.05) is 5.56 Å². The Morgan fingerprint density at radius 1 is 1.59 bits per heavy atom. The van der Waals surface area contributed by atoms with Crippen LogP contribution in [0.2, 0.25) is 0 Å². The fourth-order valence-electron chi connectivity index (χ4n) is 1.88. The summed E-state index contributed by atoms with van der Waals surface area (Å²) in [5.41, 5.74) is 1.75. The summed E-state index contributed by atoms with van der Waals surface area (Å²) in [6.07, 6.45) is 0.491. The average Bonchev–Trinajstić information content (AvgIpc) is 2.65. The number of nitriles is 1. The molecule has 88 valence electrons. The molecule has 0 saturated heterocycles. The number of aromatic amines is 1. The summed E-state index contributed by atoms with van der Waals surface area (Å²) in [5, 5.41) is 21.0. The highest BCUT2D eigenvalue weighted by Gasteiger charge is 2.16. The van der Waals surface area contributed by atoms with Gasteiger partial charge in [0.05, 0.1) is 18.0 Å². The van der Waals surface area contributed by atoms with Crippen LogP contribution in [0.5, 0.6) is 0 Å². The number of aliphatic hydroxyl groups excluding tert-OH is 1. The second kappa shape index (κ2) is 4.03. The number of hydrogen-bond donors (Lipinski definition) is 2. The molecule has 0 bridgehead atoms. The molecule has 0 aliphatic carbocycles. The summed E-state index contributed by atoms with van der Waals surface area (Å²) < 4.78 is 1.26. The average molecular weight is 232 g/mol. The second-order valence-electron chi connectivity index (χ2n) is 3.74. The molecule has 2 N–H and O–H groups in total. The highest BCUT2D eigenvalue weighted by atomic mass is 16.3. The minimum atomic E-state index is -0.302. The lowest BCUT2D eigenvalue weighted by Gasteiger charge is -2.03. The molecular weight excluding hydrogens is 220 g/mol. The second-order valence-corrected chi connectivity index (χ2v) is 3.74. The normalized spacial score (nSPS) is 10.7. The molecule has 0 aliphatic rings. The number of fused-ring (bicyclic) bond motifs is 1. The zero-order chi connectivity index (χ0) is 12.6. The highest BCUT2D eigenvalue weighted by molar-refractivity contribution is 5.57. The van der Waals surface area contributed by atoms with Crippen LogP contribution >= 0.6 is 0 Å². The van der Waals surface area contributed by atoms with E-state index in [1.54, 1.807) is 6.92 Å². The van der Waals surface area contributed by atoms with E-state index in [2.05, 4.69) is 10.1 Å². The Balaban J connectivity index is 2.97. The van der Waals surface area contributed by atoms with Crippen LogP contribution in [-0.4, -0.2) is 19.7 Å². The van der Waals surface area contributed by atoms with E-state index in [0.717, 1.165) is 0 Å². The lowest BCUT2D eigenvalue weighted by Crippen LogP contribution is -2.22. The van der Waals surface area contributed by atoms with Crippen molar-refractivity contribution in [3.63, 3.8) is 0 Å². The lowest BCUT2D eigenvalue weighted by atomic mass is 10.2. The number of hydrogen-bond acceptors (Lipinski definition) is 4. The number of rotatable bonds is 2. The molecule has 2 aromatic heterocycles. The van der Waals surface area contributed by atoms with Crippen LogP contribution in [0.3, 0.4) is 0 Å². The number of nitrogens with zero attached hydrogens (tertiary/aromatic N) is 3. The molecule has 2 heterocycles. The molecule has 0 aromatic carbocycles. The number of nitrogens with one attached hydrogen (secondary N) is 1. The van der Waals surface area contributed by atoms with Gasteiger partial charge in [-0.25, -0.2) is 4.98 Å². The van der Waals surface area contributed by atoms with Crippen molar-refractivity contribution in [2.24, 2.45) is 0 Å². The van der Waals surface area contributed by atoms with Gasteiger partial charge in [0.1, 0.15) is 11.6 Å². The molecule has 0 unspecified atom stereocenters. The Hall–Kier alpha value is -2.13. The van der Waals surface area contributed by atoms with E-state index in [1.807, 2.05) is 13.0 Å². The van der Waals surface area contributed by atoms with E-state index in [0.29, 0.717) is 28.9 Å². The molecule has 6 nitrogen and oxygen atoms in total. The molecule has 0 amide bonds. The number of aryl methyl sites for hydroxylation is 1. The summed E-state index contributed by atoms with van der Waals surface area (Å²) in [4.78, 5) is 16.3. The van der Waals surface area contributed by atoms with Crippen LogP contribution in [0.1, 0.15) is 29.4 Å². The molecule has 2 rings (SSSR count). The Bertz CT molecular complexity index is 675. The molecule has 6 heteroatoms. The van der Waals surface area contributed by atoms with Crippen LogP contribution in [0.15, 0.2) is 4.79 Å². The van der Waals surface area contributed by atoms with E-state index in [4.69, 9.17) is 5.26 Å². The van der Waals surface area contributed by atoms with E-state index < -0.39 is 0 Å². The van der Waals surface area contributed by atoms with Gasteiger partial charge < -0.3 is 5.11 Å². The van der Waals surface area contributed by atoms with E-state index in [-0.39, 0.29) is 17.8 Å². The van der Waals surface area contributed by atoms with Crippen molar-refractivity contribution in [2.45, 2.75) is 26.9 Å². The van der Waals surface area contributed by atoms with Crippen molar-refractivity contribution >= 4 is 5.65 Å². The quantitative estimate of drug-likeness (QED) is 0.776. The third kappa shape index (κ3) is 1.52. The third-order valence-electron chi connectivity index (χ3n) is 2.76. The monoisotopic (exact) mass is 232 g/mol. The third-order valence-corrected chi connectivity index (χ3v) is 2.76. The molecule has 0 saturated carbocycles. The summed E-state index contributed by atoms with van der Waals surface area (Å²) in [6.45, 7) is 3.23. The van der Waals surface area contributed by atoms with Gasteiger partial charge in [-0.15, -0.1) is 0 Å². The van der Waals surface area contributed by atoms with E-state index in [9.17, 15) is 9.90 Å². The maximum atomic E-state index is 12.1. The predicted octanol–water partition coefficient (Wildman–Crippen LogP) is 0.257. The van der Waals surface area contributed by atoms with Crippen LogP contribution in [0.4, 0.5) is 0 Å². The SMILES string of the molecule is CCc1c(CO)nc2c(C#N)c(C)[nH]n2c1=O. The van der Waals surface area contributed by atoms with Gasteiger partial charge in [0.2, 0.25) is 0 Å². The Morgan fingerprint density at radius 3 is 2.82 bits per heavy atom. The Labute approximate surface area is 97.1 Å². The van der Waals surface area contributed by atoms with E-state index >= 15 is 0 Å². The fourth-order valence-corrected chi connectivity index (χ4v) is 1.88. The Kier molecular flexibility index (Phi) is 2.69. The van der Waals surface area contributed by atoms with Crippen molar-refractivity contribution < 1.29 is 5.11 Å². The first-order chi connectivity index (χ1) is 8.13. The van der Waals surface area contributed by atoms with Gasteiger partial charge in [0.25, 0.3) is 5.56 Å². The smallest absolute Gasteiger partial charge is 0.276 e. The molecule has 0 atom stereocenters. The fraction of sp³-hybridized carbons (Fsp3) is 0.364. The van der Waals surface area contributed by atoms with Crippen LogP contribution in [0.25, 0.3) is 5.65 Å². The van der Waals surface area contributed by atoms with Crippen molar-refractivity contribution in [2.75, 3.05) is 0 Å². The lowest BCUT2D eigenvalue weighted by molar-refractivity contribution is 0.275. The van der Waals surface area contributed by atoms with Crippen LogP contribution < -0.4 is 5.56 Å². The zero-order valence-corrected chi connectivity index (χ0v) is 9.61. The molecular formula is C11H12N4O2. The predicted molar refractivity (Wildman–Crippen MR) is 60.6 cm³/mol. The molecule has 0 spiro atoms. The van der Waals surface area contributed by atoms with Gasteiger partial charge >= 0.3 is 0 Å². The largest absolute Gasteiger partial charge is 0.390 e. The summed E-state index contributed by atoms with van der Waals surface area (Å²) in [6, 6.07) is 2.00. The minimum Gasteiger partial charge on any atom is -0.390 e. The number of H-pyrrole nitrogens is 1. The molecule has 0 fully saturated rings. The topological polar surface area (TPSA) is 94.2 Å². The van der Waals surface area contributed by atoms with Gasteiger partial charge in [-0.05, 0) is 13.3 Å². The molecule has 0 aliphatic heterocycles. The first kappa shape index (κ1) is 11.4. The number of aliphatic hydroxyl groups is 1. The summed E-state index contributed by atoms with van der Waals surface area (Å²) >= 11 is 0. The Morgan fingerprint density at radius 2 is 2.29 bits per heavy atom. The van der Waals surface area contributed by atoms with Crippen LogP contribution in [-0.2, 0) is 13.0 Å². The molecule has 0 radical (unpaired) electrons.